The molecule has 4 heterocycles. The van der Waals surface area contributed by atoms with Gasteiger partial charge in [-0.25, -0.2) is 14.8 Å². The second-order valence-corrected chi connectivity index (χ2v) is 7.56. The molecule has 1 spiro atoms. The zero-order valence-corrected chi connectivity index (χ0v) is 17.6. The van der Waals surface area contributed by atoms with Crippen LogP contribution in [-0.4, -0.2) is 80.6 Å². The van der Waals surface area contributed by atoms with Crippen molar-refractivity contribution >= 4 is 29.3 Å². The van der Waals surface area contributed by atoms with E-state index in [2.05, 4.69) is 19.9 Å². The SMILES string of the molecule is CC(=O)N1CC(=O)N(c2cccnc2)CC12CCN(c1ccncn1)C2.O=C(O)C(F)(F)F. The third-order valence-corrected chi connectivity index (χ3v) is 5.42. The van der Waals surface area contributed by atoms with Crippen molar-refractivity contribution in [1.82, 2.24) is 19.9 Å². The van der Waals surface area contributed by atoms with E-state index in [0.717, 1.165) is 24.5 Å². The molecule has 1 N–H and O–H groups in total. The van der Waals surface area contributed by atoms with Gasteiger partial charge in [-0.05, 0) is 24.6 Å². The van der Waals surface area contributed by atoms with E-state index >= 15 is 0 Å². The van der Waals surface area contributed by atoms with Gasteiger partial charge in [-0.15, -0.1) is 0 Å². The van der Waals surface area contributed by atoms with Gasteiger partial charge in [-0.1, -0.05) is 0 Å². The number of pyridine rings is 1. The zero-order valence-electron chi connectivity index (χ0n) is 17.6. The molecule has 2 fully saturated rings. The lowest BCUT2D eigenvalue weighted by molar-refractivity contribution is -0.192. The van der Waals surface area contributed by atoms with Crippen molar-refractivity contribution in [1.29, 1.82) is 0 Å². The number of piperazine rings is 1. The lowest BCUT2D eigenvalue weighted by atomic mass is 9.92. The van der Waals surface area contributed by atoms with Crippen molar-refractivity contribution in [3.63, 3.8) is 0 Å². The van der Waals surface area contributed by atoms with Gasteiger partial charge in [-0.3, -0.25) is 14.6 Å². The smallest absolute Gasteiger partial charge is 0.475 e. The number of amides is 2. The van der Waals surface area contributed by atoms with Gasteiger partial charge in [0.15, 0.2) is 0 Å². The lowest BCUT2D eigenvalue weighted by Crippen LogP contribution is -2.66. The van der Waals surface area contributed by atoms with Crippen LogP contribution in [0.2, 0.25) is 0 Å². The highest BCUT2D eigenvalue weighted by molar-refractivity contribution is 5.98. The predicted molar refractivity (Wildman–Crippen MR) is 109 cm³/mol. The lowest BCUT2D eigenvalue weighted by Gasteiger charge is -2.48. The normalized spacial score (nSPS) is 20.5. The Kier molecular flexibility index (Phi) is 6.79. The average Bonchev–Trinajstić information content (AvgIpc) is 3.20. The standard InChI is InChI=1S/C18H20N6O2.C2HF3O2/c1-14(25)24-10-17(26)23(15-3-2-6-19-9-15)12-18(24)5-8-22(11-18)16-4-7-20-13-21-16;3-2(4,5)1(6)7/h2-4,6-7,9,13H,5,8,10-12H2,1H3;(H,6,7). The summed E-state index contributed by atoms with van der Waals surface area (Å²) in [6.07, 6.45) is 2.30. The second kappa shape index (κ2) is 9.38. The highest BCUT2D eigenvalue weighted by Crippen LogP contribution is 2.35. The van der Waals surface area contributed by atoms with Gasteiger partial charge in [0.2, 0.25) is 11.8 Å². The Morgan fingerprint density at radius 3 is 2.42 bits per heavy atom. The highest BCUT2D eigenvalue weighted by Gasteiger charge is 2.50. The summed E-state index contributed by atoms with van der Waals surface area (Å²) in [5, 5.41) is 7.12. The Bertz CT molecular complexity index is 1010. The summed E-state index contributed by atoms with van der Waals surface area (Å²) in [5.41, 5.74) is 0.334. The number of aromatic nitrogens is 3. The number of halogens is 3. The predicted octanol–water partition coefficient (Wildman–Crippen LogP) is 1.35. The van der Waals surface area contributed by atoms with Crippen molar-refractivity contribution in [3.8, 4) is 0 Å². The molecule has 33 heavy (non-hydrogen) atoms. The number of rotatable bonds is 2. The maximum absolute atomic E-state index is 12.7. The quantitative estimate of drug-likeness (QED) is 0.705. The number of carbonyl (C=O) groups is 3. The topological polar surface area (TPSA) is 120 Å². The molecular formula is C20H21F3N6O4. The first-order valence-electron chi connectivity index (χ1n) is 9.83. The Morgan fingerprint density at radius 2 is 1.88 bits per heavy atom. The van der Waals surface area contributed by atoms with E-state index in [1.807, 2.05) is 18.2 Å². The molecule has 2 aliphatic heterocycles. The molecule has 0 radical (unpaired) electrons. The fourth-order valence-electron chi connectivity index (χ4n) is 3.92. The molecule has 2 saturated heterocycles. The summed E-state index contributed by atoms with van der Waals surface area (Å²) in [6, 6.07) is 5.55. The number of carbonyl (C=O) groups excluding carboxylic acids is 2. The summed E-state index contributed by atoms with van der Waals surface area (Å²) >= 11 is 0. The first-order valence-corrected chi connectivity index (χ1v) is 9.83. The molecule has 2 amide bonds. The van der Waals surface area contributed by atoms with Crippen LogP contribution in [0.1, 0.15) is 13.3 Å². The number of carboxylic acid groups (broad SMARTS) is 1. The van der Waals surface area contributed by atoms with E-state index < -0.39 is 17.7 Å². The Labute approximate surface area is 186 Å². The number of hydrogen-bond donors (Lipinski definition) is 1. The van der Waals surface area contributed by atoms with Crippen LogP contribution in [-0.2, 0) is 14.4 Å². The van der Waals surface area contributed by atoms with Crippen LogP contribution >= 0.6 is 0 Å². The van der Waals surface area contributed by atoms with E-state index in [4.69, 9.17) is 9.90 Å². The van der Waals surface area contributed by atoms with Crippen LogP contribution in [0, 0.1) is 0 Å². The molecule has 4 rings (SSSR count). The van der Waals surface area contributed by atoms with Crippen molar-refractivity contribution in [2.24, 2.45) is 0 Å². The summed E-state index contributed by atoms with van der Waals surface area (Å²) in [5.74, 6) is -2.08. The van der Waals surface area contributed by atoms with Crippen molar-refractivity contribution in [2.45, 2.75) is 25.1 Å². The average molecular weight is 466 g/mol. The minimum atomic E-state index is -5.08. The van der Waals surface area contributed by atoms with Gasteiger partial charge < -0.3 is 19.8 Å². The van der Waals surface area contributed by atoms with Gasteiger partial charge in [0.25, 0.3) is 0 Å². The minimum Gasteiger partial charge on any atom is -0.475 e. The number of aliphatic carboxylic acids is 1. The Morgan fingerprint density at radius 1 is 1.15 bits per heavy atom. The van der Waals surface area contributed by atoms with Gasteiger partial charge >= 0.3 is 12.1 Å². The maximum atomic E-state index is 12.7. The van der Waals surface area contributed by atoms with Crippen LogP contribution in [0.4, 0.5) is 24.7 Å². The first-order chi connectivity index (χ1) is 15.5. The van der Waals surface area contributed by atoms with E-state index in [1.54, 1.807) is 28.4 Å². The molecular weight excluding hydrogens is 445 g/mol. The number of nitrogens with zero attached hydrogens (tertiary/aromatic N) is 6. The number of alkyl halides is 3. The van der Waals surface area contributed by atoms with Crippen molar-refractivity contribution < 1.29 is 32.7 Å². The van der Waals surface area contributed by atoms with Crippen LogP contribution in [0.25, 0.3) is 0 Å². The van der Waals surface area contributed by atoms with E-state index in [-0.39, 0.29) is 18.4 Å². The largest absolute Gasteiger partial charge is 0.490 e. The Balaban J connectivity index is 0.000000383. The molecule has 0 aliphatic carbocycles. The molecule has 2 aromatic heterocycles. The third kappa shape index (κ3) is 5.35. The molecule has 1 atom stereocenters. The molecule has 13 heteroatoms. The summed E-state index contributed by atoms with van der Waals surface area (Å²) in [6.45, 7) is 3.48. The van der Waals surface area contributed by atoms with E-state index in [1.165, 1.54) is 13.3 Å². The number of carboxylic acids is 1. The number of anilines is 2. The third-order valence-electron chi connectivity index (χ3n) is 5.42. The summed E-state index contributed by atoms with van der Waals surface area (Å²) in [4.78, 5) is 51.9. The Hall–Kier alpha value is -3.77. The molecule has 0 bridgehead atoms. The van der Waals surface area contributed by atoms with Gasteiger partial charge in [0, 0.05) is 32.4 Å². The van der Waals surface area contributed by atoms with E-state index in [9.17, 15) is 22.8 Å². The van der Waals surface area contributed by atoms with E-state index in [0.29, 0.717) is 13.1 Å². The zero-order chi connectivity index (χ0) is 24.2. The summed E-state index contributed by atoms with van der Waals surface area (Å²) < 4.78 is 31.7. The van der Waals surface area contributed by atoms with Crippen molar-refractivity contribution in [2.75, 3.05) is 36.0 Å². The minimum absolute atomic E-state index is 0.0753. The first kappa shape index (κ1) is 23.9. The second-order valence-electron chi connectivity index (χ2n) is 7.56. The van der Waals surface area contributed by atoms with Crippen LogP contribution in [0.5, 0.6) is 0 Å². The molecule has 2 aliphatic rings. The maximum Gasteiger partial charge on any atom is 0.490 e. The van der Waals surface area contributed by atoms with Gasteiger partial charge in [-0.2, -0.15) is 13.2 Å². The highest BCUT2D eigenvalue weighted by atomic mass is 19.4. The molecule has 1 unspecified atom stereocenters. The molecule has 176 valence electrons. The molecule has 0 aromatic carbocycles. The van der Waals surface area contributed by atoms with Crippen LogP contribution in [0.15, 0.2) is 43.1 Å². The molecule has 2 aromatic rings. The summed E-state index contributed by atoms with van der Waals surface area (Å²) in [7, 11) is 0. The van der Waals surface area contributed by atoms with Crippen molar-refractivity contribution in [3.05, 3.63) is 43.1 Å². The van der Waals surface area contributed by atoms with Gasteiger partial charge in [0.05, 0.1) is 24.0 Å². The van der Waals surface area contributed by atoms with Gasteiger partial charge in [0.1, 0.15) is 18.7 Å². The number of hydrogen-bond acceptors (Lipinski definition) is 7. The van der Waals surface area contributed by atoms with Crippen LogP contribution in [0.3, 0.4) is 0 Å². The molecule has 10 nitrogen and oxygen atoms in total. The fraction of sp³-hybridized carbons (Fsp3) is 0.400. The fourth-order valence-corrected chi connectivity index (χ4v) is 3.92. The monoisotopic (exact) mass is 466 g/mol. The van der Waals surface area contributed by atoms with Crippen LogP contribution < -0.4 is 9.80 Å². The molecule has 0 saturated carbocycles.